The van der Waals surface area contributed by atoms with Crippen LogP contribution in [0.2, 0.25) is 0 Å². The van der Waals surface area contributed by atoms with E-state index >= 15 is 0 Å². The van der Waals surface area contributed by atoms with Gasteiger partial charge in [-0.1, -0.05) is 37.7 Å². The number of carbonyl (C=O) groups excluding carboxylic acids is 1. The summed E-state index contributed by atoms with van der Waals surface area (Å²) in [4.78, 5) is 30.4. The average molecular weight is 426 g/mol. The van der Waals surface area contributed by atoms with Crippen molar-refractivity contribution in [2.75, 3.05) is 11.9 Å². The number of ether oxygens (including phenoxy) is 1. The number of thioether (sulfide) groups is 1. The van der Waals surface area contributed by atoms with Gasteiger partial charge in [0.2, 0.25) is 5.91 Å². The number of amides is 1. The second-order valence-corrected chi connectivity index (χ2v) is 8.74. The predicted molar refractivity (Wildman–Crippen MR) is 122 cm³/mol. The van der Waals surface area contributed by atoms with Gasteiger partial charge in [-0.2, -0.15) is 0 Å². The van der Waals surface area contributed by atoms with Gasteiger partial charge in [-0.05, 0) is 56.2 Å². The molecule has 0 bridgehead atoms. The molecule has 2 aromatic carbocycles. The van der Waals surface area contributed by atoms with E-state index in [0.717, 1.165) is 5.75 Å². The second-order valence-electron chi connectivity index (χ2n) is 7.43. The normalized spacial score (nSPS) is 12.2. The van der Waals surface area contributed by atoms with E-state index in [-0.39, 0.29) is 17.4 Å². The largest absolute Gasteiger partial charge is 0.494 e. The summed E-state index contributed by atoms with van der Waals surface area (Å²) in [5.74, 6) is 0.886. The molecule has 0 aliphatic heterocycles. The molecular weight excluding hydrogens is 398 g/mol. The number of nitrogens with zero attached hydrogens (tertiary/aromatic N) is 2. The lowest BCUT2D eigenvalue weighted by Gasteiger charge is -2.17. The van der Waals surface area contributed by atoms with Gasteiger partial charge < -0.3 is 10.1 Å². The maximum atomic E-state index is 13.0. The van der Waals surface area contributed by atoms with Crippen molar-refractivity contribution >= 4 is 34.3 Å². The highest BCUT2D eigenvalue weighted by atomic mass is 32.2. The Hall–Kier alpha value is -2.80. The Kier molecular flexibility index (Phi) is 7.15. The van der Waals surface area contributed by atoms with Crippen LogP contribution >= 0.6 is 11.8 Å². The Balaban J connectivity index is 1.81. The van der Waals surface area contributed by atoms with E-state index < -0.39 is 5.25 Å². The number of para-hydroxylation sites is 1. The molecule has 1 N–H and O–H groups in total. The number of anilines is 1. The van der Waals surface area contributed by atoms with Crippen molar-refractivity contribution < 1.29 is 9.53 Å². The number of aromatic nitrogens is 2. The van der Waals surface area contributed by atoms with Gasteiger partial charge in [-0.3, -0.25) is 14.2 Å². The van der Waals surface area contributed by atoms with Crippen LogP contribution in [0.5, 0.6) is 5.75 Å². The molecule has 7 heteroatoms. The molecule has 3 aromatic rings. The van der Waals surface area contributed by atoms with Crippen molar-refractivity contribution in [2.45, 2.75) is 44.6 Å². The molecule has 3 rings (SSSR count). The third kappa shape index (κ3) is 5.21. The molecule has 1 aromatic heterocycles. The molecular formula is C23H27N3O3S. The van der Waals surface area contributed by atoms with Gasteiger partial charge in [0, 0.05) is 12.2 Å². The van der Waals surface area contributed by atoms with Gasteiger partial charge >= 0.3 is 0 Å². The number of fused-ring (bicyclic) bond motifs is 1. The number of nitrogens with one attached hydrogen (secondary N) is 1. The first-order valence-electron chi connectivity index (χ1n) is 10.1. The van der Waals surface area contributed by atoms with Crippen LogP contribution in [0, 0.1) is 5.92 Å². The van der Waals surface area contributed by atoms with Crippen LogP contribution in [0.1, 0.15) is 27.7 Å². The van der Waals surface area contributed by atoms with E-state index in [0.29, 0.717) is 34.9 Å². The van der Waals surface area contributed by atoms with Crippen LogP contribution in [0.25, 0.3) is 10.9 Å². The molecule has 1 atom stereocenters. The lowest BCUT2D eigenvalue weighted by Crippen LogP contribution is -2.28. The molecule has 0 aliphatic carbocycles. The summed E-state index contributed by atoms with van der Waals surface area (Å²) >= 11 is 1.29. The molecule has 0 saturated carbocycles. The first-order valence-corrected chi connectivity index (χ1v) is 11.0. The topological polar surface area (TPSA) is 73.2 Å². The standard InChI is InChI=1S/C23H27N3O3S/c1-5-29-18-12-10-17(11-13-18)24-21(27)16(4)30-23-25-20-9-7-6-8-19(20)22(28)26(23)14-15(2)3/h6-13,15-16H,5,14H2,1-4H3,(H,24,27)/t16-/m1/s1. The molecule has 1 amide bonds. The van der Waals surface area contributed by atoms with E-state index in [1.807, 2.05) is 56.3 Å². The van der Waals surface area contributed by atoms with Gasteiger partial charge in [0.25, 0.3) is 5.56 Å². The number of benzene rings is 2. The lowest BCUT2D eigenvalue weighted by atomic mass is 10.2. The number of carbonyl (C=O) groups is 1. The highest BCUT2D eigenvalue weighted by Crippen LogP contribution is 2.25. The smallest absolute Gasteiger partial charge is 0.262 e. The van der Waals surface area contributed by atoms with E-state index in [2.05, 4.69) is 24.1 Å². The SMILES string of the molecule is CCOc1ccc(NC(=O)[C@@H](C)Sc2nc3ccccc3c(=O)n2CC(C)C)cc1. The minimum absolute atomic E-state index is 0.0732. The third-order valence-electron chi connectivity index (χ3n) is 4.46. The van der Waals surface area contributed by atoms with E-state index in [9.17, 15) is 9.59 Å². The number of hydrogen-bond acceptors (Lipinski definition) is 5. The Bertz CT molecular complexity index is 1080. The quantitative estimate of drug-likeness (QED) is 0.423. The fourth-order valence-corrected chi connectivity index (χ4v) is 3.94. The zero-order valence-corrected chi connectivity index (χ0v) is 18.5. The van der Waals surface area contributed by atoms with Gasteiger partial charge in [-0.25, -0.2) is 4.98 Å². The monoisotopic (exact) mass is 425 g/mol. The molecule has 6 nitrogen and oxygen atoms in total. The molecule has 158 valence electrons. The maximum absolute atomic E-state index is 13.0. The summed E-state index contributed by atoms with van der Waals surface area (Å²) in [5.41, 5.74) is 1.27. The average Bonchev–Trinajstić information content (AvgIpc) is 2.72. The minimum Gasteiger partial charge on any atom is -0.494 e. The van der Waals surface area contributed by atoms with Crippen molar-refractivity contribution in [3.05, 3.63) is 58.9 Å². The van der Waals surface area contributed by atoms with Gasteiger partial charge in [-0.15, -0.1) is 0 Å². The summed E-state index contributed by atoms with van der Waals surface area (Å²) in [6.45, 7) is 8.99. The molecule has 0 fully saturated rings. The van der Waals surface area contributed by atoms with E-state index in [1.165, 1.54) is 11.8 Å². The zero-order chi connectivity index (χ0) is 21.7. The second kappa shape index (κ2) is 9.80. The van der Waals surface area contributed by atoms with Crippen molar-refractivity contribution in [1.82, 2.24) is 9.55 Å². The van der Waals surface area contributed by atoms with Crippen molar-refractivity contribution in [2.24, 2.45) is 5.92 Å². The Morgan fingerprint density at radius 3 is 2.50 bits per heavy atom. The Morgan fingerprint density at radius 1 is 1.13 bits per heavy atom. The maximum Gasteiger partial charge on any atom is 0.262 e. The van der Waals surface area contributed by atoms with E-state index in [4.69, 9.17) is 4.74 Å². The summed E-state index contributed by atoms with van der Waals surface area (Å²) in [6, 6.07) is 14.6. The Morgan fingerprint density at radius 2 is 1.83 bits per heavy atom. The minimum atomic E-state index is -0.428. The van der Waals surface area contributed by atoms with Gasteiger partial charge in [0.05, 0.1) is 22.8 Å². The fourth-order valence-electron chi connectivity index (χ4n) is 3.02. The van der Waals surface area contributed by atoms with Crippen LogP contribution in [0.3, 0.4) is 0 Å². The highest BCUT2D eigenvalue weighted by molar-refractivity contribution is 8.00. The molecule has 1 heterocycles. The van der Waals surface area contributed by atoms with Gasteiger partial charge in [0.15, 0.2) is 5.16 Å². The highest BCUT2D eigenvalue weighted by Gasteiger charge is 2.20. The summed E-state index contributed by atoms with van der Waals surface area (Å²) in [5, 5.41) is 3.63. The first-order chi connectivity index (χ1) is 14.4. The molecule has 0 spiro atoms. The summed E-state index contributed by atoms with van der Waals surface area (Å²) in [6.07, 6.45) is 0. The Labute approximate surface area is 180 Å². The molecule has 0 aliphatic rings. The van der Waals surface area contributed by atoms with Crippen LogP contribution in [0.15, 0.2) is 58.5 Å². The first kappa shape index (κ1) is 21.9. The molecule has 0 saturated heterocycles. The fraction of sp³-hybridized carbons (Fsp3) is 0.348. The van der Waals surface area contributed by atoms with E-state index in [1.54, 1.807) is 10.6 Å². The molecule has 0 unspecified atom stereocenters. The zero-order valence-electron chi connectivity index (χ0n) is 17.7. The third-order valence-corrected chi connectivity index (χ3v) is 5.55. The molecule has 0 radical (unpaired) electrons. The number of hydrogen-bond donors (Lipinski definition) is 1. The summed E-state index contributed by atoms with van der Waals surface area (Å²) in [7, 11) is 0. The van der Waals surface area contributed by atoms with Crippen molar-refractivity contribution in [1.29, 1.82) is 0 Å². The van der Waals surface area contributed by atoms with Crippen LogP contribution < -0.4 is 15.6 Å². The van der Waals surface area contributed by atoms with Crippen molar-refractivity contribution in [3.8, 4) is 5.75 Å². The van der Waals surface area contributed by atoms with Crippen molar-refractivity contribution in [3.63, 3.8) is 0 Å². The van der Waals surface area contributed by atoms with Gasteiger partial charge in [0.1, 0.15) is 5.75 Å². The summed E-state index contributed by atoms with van der Waals surface area (Å²) < 4.78 is 7.10. The lowest BCUT2D eigenvalue weighted by molar-refractivity contribution is -0.115. The van der Waals surface area contributed by atoms with Crippen LogP contribution in [0.4, 0.5) is 5.69 Å². The molecule has 30 heavy (non-hydrogen) atoms. The van der Waals surface area contributed by atoms with Crippen LogP contribution in [-0.2, 0) is 11.3 Å². The predicted octanol–water partition coefficient (Wildman–Crippen LogP) is 4.57. The van der Waals surface area contributed by atoms with Crippen LogP contribution in [-0.4, -0.2) is 27.3 Å². The number of rotatable bonds is 8.